The van der Waals surface area contributed by atoms with E-state index in [1.54, 1.807) is 0 Å². The van der Waals surface area contributed by atoms with Crippen molar-refractivity contribution in [1.29, 1.82) is 0 Å². The number of likely N-dealkylation sites (tertiary alicyclic amines) is 1. The predicted molar refractivity (Wildman–Crippen MR) is 86.0 cm³/mol. The van der Waals surface area contributed by atoms with Crippen molar-refractivity contribution >= 4 is 11.3 Å². The van der Waals surface area contributed by atoms with Crippen LogP contribution in [-0.4, -0.2) is 24.0 Å². The highest BCUT2D eigenvalue weighted by atomic mass is 32.1. The second kappa shape index (κ2) is 6.53. The monoisotopic (exact) mass is 286 g/mol. The smallest absolute Gasteiger partial charge is 0.0305 e. The molecule has 3 rings (SSSR count). The molecule has 106 valence electrons. The summed E-state index contributed by atoms with van der Waals surface area (Å²) in [4.78, 5) is 4.03. The van der Waals surface area contributed by atoms with Crippen LogP contribution in [0.15, 0.2) is 41.8 Å². The number of rotatable bonds is 5. The van der Waals surface area contributed by atoms with Crippen LogP contribution in [0.3, 0.4) is 0 Å². The highest BCUT2D eigenvalue weighted by molar-refractivity contribution is 7.10. The van der Waals surface area contributed by atoms with Gasteiger partial charge in [-0.1, -0.05) is 30.3 Å². The Bertz CT molecular complexity index is 535. The van der Waals surface area contributed by atoms with E-state index in [1.165, 1.54) is 35.5 Å². The summed E-state index contributed by atoms with van der Waals surface area (Å²) in [6, 6.07) is 13.6. The second-order valence-electron chi connectivity index (χ2n) is 5.61. The number of hydrogen-bond donors (Lipinski definition) is 1. The molecule has 0 spiro atoms. The molecular weight excluding hydrogens is 264 g/mol. The fraction of sp³-hybridized carbons (Fsp3) is 0.412. The molecule has 0 aliphatic carbocycles. The second-order valence-corrected chi connectivity index (χ2v) is 6.61. The molecule has 0 amide bonds. The van der Waals surface area contributed by atoms with Crippen molar-refractivity contribution in [2.75, 3.05) is 13.1 Å². The van der Waals surface area contributed by atoms with Gasteiger partial charge in [0.05, 0.1) is 0 Å². The van der Waals surface area contributed by atoms with Crippen molar-refractivity contribution in [2.45, 2.75) is 32.5 Å². The molecular formula is C17H22N2S. The molecule has 1 aromatic carbocycles. The minimum atomic E-state index is 0.639. The van der Waals surface area contributed by atoms with E-state index < -0.39 is 0 Å². The van der Waals surface area contributed by atoms with Gasteiger partial charge in [-0.25, -0.2) is 0 Å². The number of thiophene rings is 1. The molecule has 1 aliphatic rings. The molecule has 1 aromatic heterocycles. The standard InChI is InChI=1S/C17H22N2S/c1-14-8-10-20-17(14)11-18-16-7-9-19(13-16)12-15-5-3-2-4-6-15/h2-6,8,10,16,18H,7,9,11-13H2,1H3. The molecule has 20 heavy (non-hydrogen) atoms. The van der Waals surface area contributed by atoms with Crippen LogP contribution in [-0.2, 0) is 13.1 Å². The normalized spacial score (nSPS) is 19.6. The summed E-state index contributed by atoms with van der Waals surface area (Å²) in [5.41, 5.74) is 2.84. The summed E-state index contributed by atoms with van der Waals surface area (Å²) < 4.78 is 0. The third kappa shape index (κ3) is 3.48. The van der Waals surface area contributed by atoms with Gasteiger partial charge in [0, 0.05) is 37.1 Å². The Hall–Kier alpha value is -1.16. The Morgan fingerprint density at radius 2 is 2.10 bits per heavy atom. The quantitative estimate of drug-likeness (QED) is 0.906. The summed E-state index contributed by atoms with van der Waals surface area (Å²) >= 11 is 1.86. The first-order valence-corrected chi connectivity index (χ1v) is 8.22. The van der Waals surface area contributed by atoms with Gasteiger partial charge in [-0.15, -0.1) is 11.3 Å². The lowest BCUT2D eigenvalue weighted by Gasteiger charge is -2.16. The maximum Gasteiger partial charge on any atom is 0.0305 e. The minimum Gasteiger partial charge on any atom is -0.308 e. The van der Waals surface area contributed by atoms with Crippen LogP contribution in [0, 0.1) is 6.92 Å². The van der Waals surface area contributed by atoms with E-state index in [0.29, 0.717) is 6.04 Å². The summed E-state index contributed by atoms with van der Waals surface area (Å²) in [6.45, 7) is 6.67. The molecule has 1 unspecified atom stereocenters. The molecule has 2 aromatic rings. The molecule has 1 N–H and O–H groups in total. The van der Waals surface area contributed by atoms with Crippen LogP contribution in [0.5, 0.6) is 0 Å². The molecule has 3 heteroatoms. The van der Waals surface area contributed by atoms with Crippen LogP contribution in [0.25, 0.3) is 0 Å². The number of aryl methyl sites for hydroxylation is 1. The molecule has 2 heterocycles. The van der Waals surface area contributed by atoms with Gasteiger partial charge in [0.2, 0.25) is 0 Å². The number of nitrogens with one attached hydrogen (secondary N) is 1. The first-order chi connectivity index (χ1) is 9.81. The van der Waals surface area contributed by atoms with Crippen molar-refractivity contribution in [2.24, 2.45) is 0 Å². The van der Waals surface area contributed by atoms with Gasteiger partial charge in [0.1, 0.15) is 0 Å². The van der Waals surface area contributed by atoms with Crippen LogP contribution >= 0.6 is 11.3 Å². The van der Waals surface area contributed by atoms with Crippen molar-refractivity contribution in [1.82, 2.24) is 10.2 Å². The van der Waals surface area contributed by atoms with E-state index in [-0.39, 0.29) is 0 Å². The summed E-state index contributed by atoms with van der Waals surface area (Å²) in [7, 11) is 0. The first-order valence-electron chi connectivity index (χ1n) is 7.34. The Balaban J connectivity index is 1.46. The average Bonchev–Trinajstić information content (AvgIpc) is 3.07. The lowest BCUT2D eigenvalue weighted by Crippen LogP contribution is -2.31. The van der Waals surface area contributed by atoms with Crippen LogP contribution < -0.4 is 5.32 Å². The van der Waals surface area contributed by atoms with E-state index >= 15 is 0 Å². The number of nitrogens with zero attached hydrogens (tertiary/aromatic N) is 1. The summed E-state index contributed by atoms with van der Waals surface area (Å²) in [5.74, 6) is 0. The zero-order chi connectivity index (χ0) is 13.8. The van der Waals surface area contributed by atoms with Crippen LogP contribution in [0.2, 0.25) is 0 Å². The fourth-order valence-electron chi connectivity index (χ4n) is 2.81. The van der Waals surface area contributed by atoms with Gasteiger partial charge in [0.25, 0.3) is 0 Å². The Morgan fingerprint density at radius 1 is 1.25 bits per heavy atom. The Labute approximate surface area is 125 Å². The molecule has 1 saturated heterocycles. The predicted octanol–water partition coefficient (Wildman–Crippen LogP) is 3.42. The van der Waals surface area contributed by atoms with E-state index in [0.717, 1.165) is 13.1 Å². The van der Waals surface area contributed by atoms with E-state index in [2.05, 4.69) is 58.9 Å². The molecule has 0 bridgehead atoms. The zero-order valence-electron chi connectivity index (χ0n) is 12.0. The van der Waals surface area contributed by atoms with Crippen LogP contribution in [0.4, 0.5) is 0 Å². The van der Waals surface area contributed by atoms with Gasteiger partial charge >= 0.3 is 0 Å². The highest BCUT2D eigenvalue weighted by Crippen LogP contribution is 2.17. The summed E-state index contributed by atoms with van der Waals surface area (Å²) in [6.07, 6.45) is 1.26. The lowest BCUT2D eigenvalue weighted by molar-refractivity contribution is 0.320. The average molecular weight is 286 g/mol. The highest BCUT2D eigenvalue weighted by Gasteiger charge is 2.21. The number of benzene rings is 1. The van der Waals surface area contributed by atoms with E-state index in [1.807, 2.05) is 11.3 Å². The van der Waals surface area contributed by atoms with Crippen molar-refractivity contribution in [3.05, 3.63) is 57.8 Å². The van der Waals surface area contributed by atoms with Gasteiger partial charge in [0.15, 0.2) is 0 Å². The van der Waals surface area contributed by atoms with Gasteiger partial charge in [-0.2, -0.15) is 0 Å². The zero-order valence-corrected chi connectivity index (χ0v) is 12.8. The van der Waals surface area contributed by atoms with Gasteiger partial charge in [-0.05, 0) is 35.9 Å². The fourth-order valence-corrected chi connectivity index (χ4v) is 3.66. The lowest BCUT2D eigenvalue weighted by atomic mass is 10.2. The molecule has 1 fully saturated rings. The topological polar surface area (TPSA) is 15.3 Å². The largest absolute Gasteiger partial charge is 0.308 e. The maximum atomic E-state index is 3.71. The van der Waals surface area contributed by atoms with Gasteiger partial charge in [-0.3, -0.25) is 4.90 Å². The SMILES string of the molecule is Cc1ccsc1CNC1CCN(Cc2ccccc2)C1. The Morgan fingerprint density at radius 3 is 2.85 bits per heavy atom. The van der Waals surface area contributed by atoms with Crippen molar-refractivity contribution < 1.29 is 0 Å². The first kappa shape index (κ1) is 13.8. The summed E-state index contributed by atoms with van der Waals surface area (Å²) in [5, 5.41) is 5.89. The minimum absolute atomic E-state index is 0.639. The third-order valence-corrected chi connectivity index (χ3v) is 5.06. The van der Waals surface area contributed by atoms with Crippen molar-refractivity contribution in [3.63, 3.8) is 0 Å². The third-order valence-electron chi connectivity index (χ3n) is 4.04. The Kier molecular flexibility index (Phi) is 4.51. The van der Waals surface area contributed by atoms with E-state index in [4.69, 9.17) is 0 Å². The van der Waals surface area contributed by atoms with Crippen molar-refractivity contribution in [3.8, 4) is 0 Å². The maximum absolute atomic E-state index is 3.71. The van der Waals surface area contributed by atoms with E-state index in [9.17, 15) is 0 Å². The molecule has 1 aliphatic heterocycles. The molecule has 0 radical (unpaired) electrons. The van der Waals surface area contributed by atoms with Gasteiger partial charge < -0.3 is 5.32 Å². The molecule has 2 nitrogen and oxygen atoms in total. The molecule has 1 atom stereocenters. The number of hydrogen-bond acceptors (Lipinski definition) is 3. The van der Waals surface area contributed by atoms with Crippen LogP contribution in [0.1, 0.15) is 22.4 Å². The molecule has 0 saturated carbocycles.